The lowest BCUT2D eigenvalue weighted by atomic mass is 10.1. The van der Waals surface area contributed by atoms with E-state index >= 15 is 0 Å². The third-order valence-electron chi connectivity index (χ3n) is 3.59. The third-order valence-corrected chi connectivity index (χ3v) is 3.59. The predicted molar refractivity (Wildman–Crippen MR) is 90.2 cm³/mol. The van der Waals surface area contributed by atoms with Crippen LogP contribution in [-0.2, 0) is 11.3 Å². The summed E-state index contributed by atoms with van der Waals surface area (Å²) in [5.41, 5.74) is 3.09. The zero-order chi connectivity index (χ0) is 16.7. The van der Waals surface area contributed by atoms with Crippen molar-refractivity contribution in [2.75, 3.05) is 6.61 Å². The van der Waals surface area contributed by atoms with Crippen molar-refractivity contribution in [2.24, 2.45) is 0 Å². The molecule has 0 aliphatic rings. The van der Waals surface area contributed by atoms with Crippen molar-refractivity contribution in [1.82, 2.24) is 5.32 Å². The molecule has 0 aliphatic heterocycles. The van der Waals surface area contributed by atoms with Gasteiger partial charge in [-0.25, -0.2) is 0 Å². The average Bonchev–Trinajstić information content (AvgIpc) is 2.58. The lowest BCUT2D eigenvalue weighted by molar-refractivity contribution is -0.123. The minimum absolute atomic E-state index is 0.0263. The van der Waals surface area contributed by atoms with Crippen LogP contribution >= 0.6 is 0 Å². The average molecular weight is 313 g/mol. The van der Waals surface area contributed by atoms with Crippen molar-refractivity contribution in [2.45, 2.75) is 32.9 Å². The molecule has 0 saturated heterocycles. The standard InChI is InChI=1S/C19H23NO3/c1-3-18(21)16-7-9-17(10-8-16)23-13-19(22)20-12-15-6-4-5-14(2)11-15/h4-11,18,21H,3,12-13H2,1-2H3,(H,20,22). The van der Waals surface area contributed by atoms with Gasteiger partial charge in [-0.2, -0.15) is 0 Å². The minimum Gasteiger partial charge on any atom is -0.484 e. The number of aliphatic hydroxyl groups is 1. The first-order chi connectivity index (χ1) is 11.1. The summed E-state index contributed by atoms with van der Waals surface area (Å²) in [6.07, 6.45) is 0.211. The maximum Gasteiger partial charge on any atom is 0.258 e. The quantitative estimate of drug-likeness (QED) is 0.825. The summed E-state index contributed by atoms with van der Waals surface area (Å²) in [5, 5.41) is 12.6. The van der Waals surface area contributed by atoms with Gasteiger partial charge in [0, 0.05) is 6.54 Å². The van der Waals surface area contributed by atoms with E-state index in [0.29, 0.717) is 18.7 Å². The number of benzene rings is 2. The molecular formula is C19H23NO3. The van der Waals surface area contributed by atoms with Gasteiger partial charge in [0.15, 0.2) is 6.61 Å². The Balaban J connectivity index is 1.78. The first kappa shape index (κ1) is 17.0. The summed E-state index contributed by atoms with van der Waals surface area (Å²) in [6, 6.07) is 15.2. The summed E-state index contributed by atoms with van der Waals surface area (Å²) in [7, 11) is 0. The maximum absolute atomic E-state index is 11.8. The van der Waals surface area contributed by atoms with Gasteiger partial charge in [-0.05, 0) is 36.6 Å². The van der Waals surface area contributed by atoms with Gasteiger partial charge in [-0.3, -0.25) is 4.79 Å². The van der Waals surface area contributed by atoms with Crippen LogP contribution in [0.15, 0.2) is 48.5 Å². The fourth-order valence-electron chi connectivity index (χ4n) is 2.24. The number of rotatable bonds is 7. The highest BCUT2D eigenvalue weighted by Gasteiger charge is 2.06. The lowest BCUT2D eigenvalue weighted by Crippen LogP contribution is -2.28. The number of aryl methyl sites for hydroxylation is 1. The van der Waals surface area contributed by atoms with Crippen molar-refractivity contribution >= 4 is 5.91 Å². The summed E-state index contributed by atoms with van der Waals surface area (Å²) in [4.78, 5) is 11.8. The van der Waals surface area contributed by atoms with Crippen LogP contribution in [0.4, 0.5) is 0 Å². The Morgan fingerprint density at radius 3 is 2.61 bits per heavy atom. The van der Waals surface area contributed by atoms with E-state index in [-0.39, 0.29) is 12.5 Å². The molecule has 1 unspecified atom stereocenters. The molecule has 2 aromatic rings. The molecule has 2 N–H and O–H groups in total. The van der Waals surface area contributed by atoms with Gasteiger partial charge in [0.2, 0.25) is 0 Å². The second kappa shape index (κ2) is 8.34. The van der Waals surface area contributed by atoms with Gasteiger partial charge in [0.05, 0.1) is 6.10 Å². The monoisotopic (exact) mass is 313 g/mol. The number of carbonyl (C=O) groups excluding carboxylic acids is 1. The van der Waals surface area contributed by atoms with Crippen LogP contribution in [0.3, 0.4) is 0 Å². The van der Waals surface area contributed by atoms with Gasteiger partial charge in [0.25, 0.3) is 5.91 Å². The number of carbonyl (C=O) groups is 1. The predicted octanol–water partition coefficient (Wildman–Crippen LogP) is 3.13. The van der Waals surface area contributed by atoms with Gasteiger partial charge in [0.1, 0.15) is 5.75 Å². The molecule has 23 heavy (non-hydrogen) atoms. The molecule has 0 bridgehead atoms. The Morgan fingerprint density at radius 1 is 1.22 bits per heavy atom. The van der Waals surface area contributed by atoms with E-state index in [9.17, 15) is 9.90 Å². The second-order valence-corrected chi connectivity index (χ2v) is 5.55. The van der Waals surface area contributed by atoms with Crippen molar-refractivity contribution < 1.29 is 14.6 Å². The topological polar surface area (TPSA) is 58.6 Å². The van der Waals surface area contributed by atoms with Gasteiger partial charge in [-0.1, -0.05) is 48.9 Å². The van der Waals surface area contributed by atoms with Crippen LogP contribution in [0.2, 0.25) is 0 Å². The molecule has 2 aromatic carbocycles. The summed E-state index contributed by atoms with van der Waals surface area (Å²) >= 11 is 0. The zero-order valence-electron chi connectivity index (χ0n) is 13.6. The van der Waals surface area contributed by atoms with Crippen LogP contribution in [0.25, 0.3) is 0 Å². The highest BCUT2D eigenvalue weighted by Crippen LogP contribution is 2.19. The Hall–Kier alpha value is -2.33. The highest BCUT2D eigenvalue weighted by molar-refractivity contribution is 5.77. The lowest BCUT2D eigenvalue weighted by Gasteiger charge is -2.10. The van der Waals surface area contributed by atoms with Crippen molar-refractivity contribution in [1.29, 1.82) is 0 Å². The number of hydrogen-bond donors (Lipinski definition) is 2. The Labute approximate surface area is 137 Å². The molecule has 0 fully saturated rings. The Morgan fingerprint density at radius 2 is 1.96 bits per heavy atom. The molecule has 1 atom stereocenters. The van der Waals surface area contributed by atoms with Gasteiger partial charge < -0.3 is 15.2 Å². The first-order valence-electron chi connectivity index (χ1n) is 7.81. The van der Waals surface area contributed by atoms with Crippen molar-refractivity contribution in [3.63, 3.8) is 0 Å². The van der Waals surface area contributed by atoms with E-state index in [4.69, 9.17) is 4.74 Å². The fourth-order valence-corrected chi connectivity index (χ4v) is 2.24. The van der Waals surface area contributed by atoms with E-state index in [0.717, 1.165) is 11.1 Å². The van der Waals surface area contributed by atoms with Crippen molar-refractivity contribution in [3.05, 3.63) is 65.2 Å². The number of hydrogen-bond acceptors (Lipinski definition) is 3. The smallest absolute Gasteiger partial charge is 0.258 e. The van der Waals surface area contributed by atoms with E-state index in [2.05, 4.69) is 5.32 Å². The number of aliphatic hydroxyl groups excluding tert-OH is 1. The summed E-state index contributed by atoms with van der Waals surface area (Å²) in [6.45, 7) is 4.41. The molecule has 1 amide bonds. The molecule has 0 aromatic heterocycles. The molecule has 0 saturated carbocycles. The molecule has 2 rings (SSSR count). The Bertz CT molecular complexity index is 637. The molecule has 4 heteroatoms. The van der Waals surface area contributed by atoms with Gasteiger partial charge in [-0.15, -0.1) is 0 Å². The number of nitrogens with one attached hydrogen (secondary N) is 1. The van der Waals surface area contributed by atoms with Crippen LogP contribution in [0, 0.1) is 6.92 Å². The van der Waals surface area contributed by atoms with Crippen LogP contribution in [0.5, 0.6) is 5.75 Å². The third kappa shape index (κ3) is 5.42. The molecule has 0 spiro atoms. The van der Waals surface area contributed by atoms with E-state index in [1.807, 2.05) is 50.2 Å². The molecular weight excluding hydrogens is 290 g/mol. The second-order valence-electron chi connectivity index (χ2n) is 5.55. The van der Waals surface area contributed by atoms with Crippen molar-refractivity contribution in [3.8, 4) is 5.75 Å². The fraction of sp³-hybridized carbons (Fsp3) is 0.316. The van der Waals surface area contributed by atoms with Crippen LogP contribution in [-0.4, -0.2) is 17.6 Å². The summed E-state index contributed by atoms with van der Waals surface area (Å²) in [5.74, 6) is 0.451. The summed E-state index contributed by atoms with van der Waals surface area (Å²) < 4.78 is 5.45. The van der Waals surface area contributed by atoms with Gasteiger partial charge >= 0.3 is 0 Å². The molecule has 0 heterocycles. The Kier molecular flexibility index (Phi) is 6.18. The van der Waals surface area contributed by atoms with Crippen LogP contribution in [0.1, 0.15) is 36.1 Å². The maximum atomic E-state index is 11.8. The largest absolute Gasteiger partial charge is 0.484 e. The highest BCUT2D eigenvalue weighted by atomic mass is 16.5. The zero-order valence-corrected chi connectivity index (χ0v) is 13.6. The number of amides is 1. The van der Waals surface area contributed by atoms with E-state index in [1.54, 1.807) is 12.1 Å². The molecule has 4 nitrogen and oxygen atoms in total. The van der Waals surface area contributed by atoms with E-state index < -0.39 is 6.10 Å². The molecule has 122 valence electrons. The minimum atomic E-state index is -0.457. The van der Waals surface area contributed by atoms with E-state index in [1.165, 1.54) is 5.56 Å². The van der Waals surface area contributed by atoms with Crippen LogP contribution < -0.4 is 10.1 Å². The number of ether oxygens (including phenoxy) is 1. The first-order valence-corrected chi connectivity index (χ1v) is 7.81. The normalized spacial score (nSPS) is 11.8. The SMILES string of the molecule is CCC(O)c1ccc(OCC(=O)NCc2cccc(C)c2)cc1. The molecule has 0 radical (unpaired) electrons. The molecule has 0 aliphatic carbocycles.